The number of quaternary nitrogens is 1. The van der Waals surface area contributed by atoms with Crippen LogP contribution in [-0.2, 0) is 17.8 Å². The first kappa shape index (κ1) is 19.6. The van der Waals surface area contributed by atoms with E-state index in [0.29, 0.717) is 39.1 Å². The van der Waals surface area contributed by atoms with Crippen LogP contribution in [0.2, 0.25) is 0 Å². The molecule has 29 heavy (non-hydrogen) atoms. The standard InChI is InChI=1S/C21H23N3O4S/c1-12-17-19(25)22-16(23-20(17)29-18(12)21(26)28-3)11-24(14-6-7-14)10-13-4-8-15(27-2)9-5-13/h4-5,8-9,14H,6-7,10-11H2,1-3H3,(H,22,23,25)/p+1. The lowest BCUT2D eigenvalue weighted by atomic mass is 10.2. The van der Waals surface area contributed by atoms with Crippen molar-refractivity contribution in [3.63, 3.8) is 0 Å². The van der Waals surface area contributed by atoms with E-state index in [2.05, 4.69) is 22.1 Å². The molecule has 0 amide bonds. The van der Waals surface area contributed by atoms with Gasteiger partial charge in [-0.05, 0) is 36.8 Å². The Labute approximate surface area is 172 Å². The number of benzene rings is 1. The molecule has 152 valence electrons. The van der Waals surface area contributed by atoms with Crippen LogP contribution in [0.3, 0.4) is 0 Å². The summed E-state index contributed by atoms with van der Waals surface area (Å²) in [6.07, 6.45) is 2.37. The molecule has 0 aliphatic heterocycles. The highest BCUT2D eigenvalue weighted by molar-refractivity contribution is 7.20. The van der Waals surface area contributed by atoms with Crippen molar-refractivity contribution in [2.24, 2.45) is 0 Å². The molecule has 3 aromatic rings. The minimum absolute atomic E-state index is 0.200. The lowest BCUT2D eigenvalue weighted by Crippen LogP contribution is -3.10. The van der Waals surface area contributed by atoms with Crippen molar-refractivity contribution in [3.05, 3.63) is 56.4 Å². The zero-order chi connectivity index (χ0) is 20.5. The molecule has 0 saturated heterocycles. The Morgan fingerprint density at radius 2 is 1.97 bits per heavy atom. The number of nitrogens with zero attached hydrogens (tertiary/aromatic N) is 1. The molecule has 1 aromatic carbocycles. The van der Waals surface area contributed by atoms with Gasteiger partial charge >= 0.3 is 5.97 Å². The number of H-pyrrole nitrogens is 1. The zero-order valence-electron chi connectivity index (χ0n) is 16.7. The van der Waals surface area contributed by atoms with Gasteiger partial charge in [-0.25, -0.2) is 9.78 Å². The van der Waals surface area contributed by atoms with Crippen LogP contribution >= 0.6 is 11.3 Å². The second-order valence-corrected chi connectivity index (χ2v) is 8.37. The second-order valence-electron chi connectivity index (χ2n) is 7.37. The van der Waals surface area contributed by atoms with Crippen molar-refractivity contribution >= 4 is 27.5 Å². The van der Waals surface area contributed by atoms with Crippen molar-refractivity contribution in [1.82, 2.24) is 9.97 Å². The van der Waals surface area contributed by atoms with Gasteiger partial charge in [-0.2, -0.15) is 0 Å². The third kappa shape index (κ3) is 4.04. The number of ether oxygens (including phenoxy) is 2. The summed E-state index contributed by atoms with van der Waals surface area (Å²) < 4.78 is 10.1. The van der Waals surface area contributed by atoms with Crippen LogP contribution < -0.4 is 15.2 Å². The van der Waals surface area contributed by atoms with Crippen LogP contribution in [0.4, 0.5) is 0 Å². The van der Waals surface area contributed by atoms with Crippen molar-refractivity contribution < 1.29 is 19.2 Å². The summed E-state index contributed by atoms with van der Waals surface area (Å²) in [6, 6.07) is 8.66. The highest BCUT2D eigenvalue weighted by Gasteiger charge is 2.34. The molecule has 2 heterocycles. The normalized spacial score (nSPS) is 14.7. The average Bonchev–Trinajstić information content (AvgIpc) is 3.51. The first-order valence-corrected chi connectivity index (χ1v) is 10.4. The predicted molar refractivity (Wildman–Crippen MR) is 111 cm³/mol. The smallest absolute Gasteiger partial charge is 0.348 e. The summed E-state index contributed by atoms with van der Waals surface area (Å²) in [5, 5.41) is 0.474. The van der Waals surface area contributed by atoms with Crippen LogP contribution in [0, 0.1) is 6.92 Å². The average molecular weight is 415 g/mol. The van der Waals surface area contributed by atoms with E-state index in [1.54, 1.807) is 14.0 Å². The summed E-state index contributed by atoms with van der Waals surface area (Å²) in [5.41, 5.74) is 1.64. The maximum atomic E-state index is 12.7. The van der Waals surface area contributed by atoms with Crippen LogP contribution in [0.15, 0.2) is 29.1 Å². The van der Waals surface area contributed by atoms with Crippen LogP contribution in [-0.4, -0.2) is 36.2 Å². The molecular formula is C21H24N3O4S+. The predicted octanol–water partition coefficient (Wildman–Crippen LogP) is 1.84. The van der Waals surface area contributed by atoms with E-state index in [1.807, 2.05) is 12.1 Å². The van der Waals surface area contributed by atoms with Gasteiger partial charge in [-0.15, -0.1) is 11.3 Å². The highest BCUT2D eigenvalue weighted by atomic mass is 32.1. The van der Waals surface area contributed by atoms with Gasteiger partial charge in [0.1, 0.15) is 28.5 Å². The van der Waals surface area contributed by atoms with Crippen molar-refractivity contribution in [2.45, 2.75) is 38.9 Å². The van der Waals surface area contributed by atoms with Gasteiger partial charge in [0.15, 0.2) is 5.82 Å². The lowest BCUT2D eigenvalue weighted by molar-refractivity contribution is -0.939. The van der Waals surface area contributed by atoms with Crippen LogP contribution in [0.5, 0.6) is 5.75 Å². The maximum Gasteiger partial charge on any atom is 0.348 e. The fraction of sp³-hybridized carbons (Fsp3) is 0.381. The number of methoxy groups -OCH3 is 2. The third-order valence-corrected chi connectivity index (χ3v) is 6.53. The number of aromatic amines is 1. The monoisotopic (exact) mass is 414 g/mol. The minimum atomic E-state index is -0.434. The number of carbonyl (C=O) groups is 1. The van der Waals surface area contributed by atoms with E-state index in [0.717, 1.165) is 12.3 Å². The summed E-state index contributed by atoms with van der Waals surface area (Å²) in [5.74, 6) is 1.06. The molecule has 0 spiro atoms. The number of aromatic nitrogens is 2. The van der Waals surface area contributed by atoms with E-state index in [1.165, 1.54) is 41.8 Å². The van der Waals surface area contributed by atoms with Crippen molar-refractivity contribution in [3.8, 4) is 5.75 Å². The largest absolute Gasteiger partial charge is 0.497 e. The molecule has 1 aliphatic carbocycles. The molecule has 1 atom stereocenters. The topological polar surface area (TPSA) is 85.7 Å². The number of aryl methyl sites for hydroxylation is 1. The first-order chi connectivity index (χ1) is 14.0. The van der Waals surface area contributed by atoms with Gasteiger partial charge in [0.2, 0.25) is 0 Å². The molecule has 7 nitrogen and oxygen atoms in total. The SMILES string of the molecule is COC(=O)c1sc2nc(C[NH+](Cc3ccc(OC)cc3)C3CC3)[nH]c(=O)c2c1C. The molecule has 0 bridgehead atoms. The van der Waals surface area contributed by atoms with E-state index in [4.69, 9.17) is 9.47 Å². The summed E-state index contributed by atoms with van der Waals surface area (Å²) >= 11 is 1.22. The van der Waals surface area contributed by atoms with Crippen LogP contribution in [0.25, 0.3) is 10.2 Å². The van der Waals surface area contributed by atoms with Crippen molar-refractivity contribution in [2.75, 3.05) is 14.2 Å². The first-order valence-electron chi connectivity index (χ1n) is 9.58. The van der Waals surface area contributed by atoms with Gasteiger partial charge in [0.05, 0.1) is 25.6 Å². The lowest BCUT2D eigenvalue weighted by Gasteiger charge is -2.19. The third-order valence-electron chi connectivity index (χ3n) is 5.36. The van der Waals surface area contributed by atoms with Crippen molar-refractivity contribution in [1.29, 1.82) is 0 Å². The number of nitrogens with one attached hydrogen (secondary N) is 2. The molecule has 2 N–H and O–H groups in total. The van der Waals surface area contributed by atoms with E-state index >= 15 is 0 Å². The molecule has 4 rings (SSSR count). The number of carbonyl (C=O) groups excluding carboxylic acids is 1. The zero-order valence-corrected chi connectivity index (χ0v) is 17.5. The number of thiophene rings is 1. The molecule has 1 aliphatic rings. The molecule has 1 unspecified atom stereocenters. The Morgan fingerprint density at radius 3 is 2.59 bits per heavy atom. The molecule has 0 radical (unpaired) electrons. The van der Waals surface area contributed by atoms with E-state index in [-0.39, 0.29) is 5.56 Å². The molecule has 1 saturated carbocycles. The Morgan fingerprint density at radius 1 is 1.24 bits per heavy atom. The molecule has 1 fully saturated rings. The van der Waals surface area contributed by atoms with Gasteiger partial charge in [0.25, 0.3) is 5.56 Å². The summed E-state index contributed by atoms with van der Waals surface area (Å²) in [7, 11) is 3.00. The summed E-state index contributed by atoms with van der Waals surface area (Å²) in [6.45, 7) is 3.24. The maximum absolute atomic E-state index is 12.7. The number of rotatable bonds is 7. The molecule has 8 heteroatoms. The van der Waals surface area contributed by atoms with E-state index < -0.39 is 5.97 Å². The number of hydrogen-bond acceptors (Lipinski definition) is 6. The van der Waals surface area contributed by atoms with Gasteiger partial charge < -0.3 is 19.4 Å². The summed E-state index contributed by atoms with van der Waals surface area (Å²) in [4.78, 5) is 34.6. The molecule has 2 aromatic heterocycles. The number of fused-ring (bicyclic) bond motifs is 1. The second kappa shape index (κ2) is 7.96. The Kier molecular flexibility index (Phi) is 5.38. The fourth-order valence-electron chi connectivity index (χ4n) is 3.62. The Balaban J connectivity index is 1.60. The quantitative estimate of drug-likeness (QED) is 0.576. The molecular weight excluding hydrogens is 390 g/mol. The number of hydrogen-bond donors (Lipinski definition) is 2. The van der Waals surface area contributed by atoms with Crippen LogP contribution in [0.1, 0.15) is 39.5 Å². The van der Waals surface area contributed by atoms with E-state index in [9.17, 15) is 9.59 Å². The van der Waals surface area contributed by atoms with Gasteiger partial charge in [0, 0.05) is 18.4 Å². The Bertz CT molecular complexity index is 1100. The number of esters is 1. The fourth-order valence-corrected chi connectivity index (χ4v) is 4.74. The van der Waals surface area contributed by atoms with Gasteiger partial charge in [-0.1, -0.05) is 0 Å². The highest BCUT2D eigenvalue weighted by Crippen LogP contribution is 2.27. The Hall–Kier alpha value is -2.71. The minimum Gasteiger partial charge on any atom is -0.497 e. The van der Waals surface area contributed by atoms with Gasteiger partial charge in [-0.3, -0.25) is 4.79 Å².